The molecule has 0 amide bonds. The predicted octanol–water partition coefficient (Wildman–Crippen LogP) is 18.8. The van der Waals surface area contributed by atoms with Gasteiger partial charge in [-0.15, -0.1) is 0 Å². The molecule has 2 atom stereocenters. The Morgan fingerprint density at radius 3 is 1.09 bits per heavy atom. The molecule has 0 N–H and O–H groups in total. The normalized spacial score (nSPS) is 12.7. The van der Waals surface area contributed by atoms with Crippen LogP contribution in [0, 0.1) is 0 Å². The van der Waals surface area contributed by atoms with E-state index in [9.17, 15) is 0 Å². The van der Waals surface area contributed by atoms with E-state index >= 15 is 0 Å². The van der Waals surface area contributed by atoms with Crippen molar-refractivity contribution in [3.63, 3.8) is 0 Å². The molecule has 0 saturated heterocycles. The third kappa shape index (κ3) is 9.68. The van der Waals surface area contributed by atoms with Crippen molar-refractivity contribution in [2.24, 2.45) is 0 Å². The Bertz CT molecular complexity index is 4110. The lowest BCUT2D eigenvalue weighted by Gasteiger charge is -2.21. The monoisotopic (exact) mass is 1050 g/mol. The van der Waals surface area contributed by atoms with Crippen LogP contribution in [0.15, 0.2) is 194 Å². The molecule has 2 aromatic heterocycles. The van der Waals surface area contributed by atoms with Gasteiger partial charge in [0, 0.05) is 70.7 Å². The summed E-state index contributed by atoms with van der Waals surface area (Å²) in [5.41, 5.74) is 10.5. The summed E-state index contributed by atoms with van der Waals surface area (Å²) in [5, 5.41) is 21.4. The maximum atomic E-state index is 5.88. The lowest BCUT2D eigenvalue weighted by molar-refractivity contribution is 0.0502. The summed E-state index contributed by atoms with van der Waals surface area (Å²) in [6, 6.07) is 72.3. The van der Waals surface area contributed by atoms with Gasteiger partial charge in [-0.3, -0.25) is 0 Å². The zero-order valence-corrected chi connectivity index (χ0v) is 47.2. The summed E-state index contributed by atoms with van der Waals surface area (Å²) in [6.45, 7) is 19.5. The van der Waals surface area contributed by atoms with Gasteiger partial charge in [0.1, 0.15) is 0 Å². The summed E-state index contributed by atoms with van der Waals surface area (Å²) in [6.07, 6.45) is 0. The highest BCUT2D eigenvalue weighted by Crippen LogP contribution is 2.43. The Labute approximate surface area is 469 Å². The highest BCUT2D eigenvalue weighted by Gasteiger charge is 2.20. The second-order valence-corrected chi connectivity index (χ2v) is 21.0. The van der Waals surface area contributed by atoms with Crippen LogP contribution in [-0.2, 0) is 32.0 Å². The van der Waals surface area contributed by atoms with Gasteiger partial charge in [0.25, 0.3) is 0 Å². The largest absolute Gasteiger partial charge is 0.379 e. The van der Waals surface area contributed by atoms with Crippen LogP contribution >= 0.6 is 0 Å². The Balaban J connectivity index is 0.000000157. The van der Waals surface area contributed by atoms with Crippen LogP contribution in [0.2, 0.25) is 0 Å². The molecule has 0 aliphatic carbocycles. The van der Waals surface area contributed by atoms with Gasteiger partial charge in [0.2, 0.25) is 0 Å². The minimum Gasteiger partial charge on any atom is -0.379 e. The smallest absolute Gasteiger partial charge is 0.0701 e. The van der Waals surface area contributed by atoms with Gasteiger partial charge in [-0.2, -0.15) is 0 Å². The van der Waals surface area contributed by atoms with Gasteiger partial charge in [-0.05, 0) is 125 Å². The van der Waals surface area contributed by atoms with E-state index in [0.29, 0.717) is 51.5 Å². The summed E-state index contributed by atoms with van der Waals surface area (Å²) in [5.74, 6) is 0.599. The molecule has 6 heteroatoms. The van der Waals surface area contributed by atoms with Gasteiger partial charge < -0.3 is 28.1 Å². The molecule has 80 heavy (non-hydrogen) atoms. The zero-order valence-electron chi connectivity index (χ0n) is 47.2. The summed E-state index contributed by atoms with van der Waals surface area (Å²) in [4.78, 5) is 0. The van der Waals surface area contributed by atoms with Crippen molar-refractivity contribution < 1.29 is 18.9 Å². The first-order valence-electron chi connectivity index (χ1n) is 29.1. The molecule has 0 saturated carbocycles. The number of ether oxygens (including phenoxy) is 4. The van der Waals surface area contributed by atoms with Crippen molar-refractivity contribution in [3.05, 3.63) is 216 Å². The van der Waals surface area contributed by atoms with Crippen molar-refractivity contribution in [2.45, 2.75) is 66.5 Å². The van der Waals surface area contributed by atoms with Crippen molar-refractivity contribution >= 4 is 108 Å². The van der Waals surface area contributed by atoms with E-state index in [-0.39, 0.29) is 0 Å². The SMILES string of the molecule is CC.CC(c1ccc(C(C)c2ccc3ccc4cccc5ccc2c3c45)cc1)c1ccc2ccc3cccc4ccc1c2c34.CCOCCOCCn1c2ccccc2c2cc3c4ccccc4n(CCOCCOCC)c3cc21. The van der Waals surface area contributed by atoms with Gasteiger partial charge in [0.15, 0.2) is 0 Å². The van der Waals surface area contributed by atoms with Crippen molar-refractivity contribution in [1.29, 1.82) is 0 Å². The van der Waals surface area contributed by atoms with Crippen LogP contribution in [0.25, 0.3) is 108 Å². The zero-order chi connectivity index (χ0) is 54.7. The van der Waals surface area contributed by atoms with Crippen LogP contribution in [0.5, 0.6) is 0 Å². The van der Waals surface area contributed by atoms with Crippen LogP contribution in [0.1, 0.15) is 75.6 Å². The Hall–Kier alpha value is -7.84. The maximum absolute atomic E-state index is 5.88. The number of nitrogens with zero attached hydrogens (tertiary/aromatic N) is 2. The lowest BCUT2D eigenvalue weighted by Crippen LogP contribution is -2.10. The highest BCUT2D eigenvalue weighted by molar-refractivity contribution is 6.25. The van der Waals surface area contributed by atoms with Crippen molar-refractivity contribution in [3.8, 4) is 0 Å². The van der Waals surface area contributed by atoms with E-state index in [0.717, 1.165) is 26.3 Å². The molecular formula is C74H72N2O4. The number of aromatic nitrogens is 2. The third-order valence-corrected chi connectivity index (χ3v) is 16.7. The van der Waals surface area contributed by atoms with E-state index in [1.165, 1.54) is 131 Å². The average molecular weight is 1050 g/mol. The van der Waals surface area contributed by atoms with Crippen molar-refractivity contribution in [2.75, 3.05) is 52.9 Å². The molecule has 2 unspecified atom stereocenters. The van der Waals surface area contributed by atoms with E-state index < -0.39 is 0 Å². The van der Waals surface area contributed by atoms with E-state index in [1.54, 1.807) is 0 Å². The average Bonchev–Trinajstić information content (AvgIpc) is 4.02. The first-order chi connectivity index (χ1) is 39.5. The molecule has 14 rings (SSSR count). The molecule has 0 spiro atoms. The van der Waals surface area contributed by atoms with Gasteiger partial charge >= 0.3 is 0 Å². The number of benzene rings is 12. The number of rotatable bonds is 18. The topological polar surface area (TPSA) is 46.8 Å². The Morgan fingerprint density at radius 2 is 0.675 bits per heavy atom. The van der Waals surface area contributed by atoms with Gasteiger partial charge in [0.05, 0.1) is 50.7 Å². The van der Waals surface area contributed by atoms with E-state index in [4.69, 9.17) is 18.9 Å². The quantitative estimate of drug-likeness (QED) is 0.0635. The van der Waals surface area contributed by atoms with E-state index in [2.05, 4.69) is 217 Å². The molecule has 2 heterocycles. The standard InChI is InChI=1S/C42H30.C30H36N2O4.C2H6/c1-25(35-21-17-33-15-13-29-5-3-7-31-19-23-37(35)41(33)39(29)31)27-9-11-28(12-10-27)26(2)36-22-18-34-16-14-30-6-4-8-32-20-24-38(36)42(34)40(30)32;1-3-33-17-19-35-15-13-31-27-11-7-5-9-23(27)25-21-26-24-10-6-8-12-28(24)32(30(26)22-29(25)31)14-16-36-20-18-34-4-2;1-2/h3-26H,1-2H3;5-12,21-22H,3-4,13-20H2,1-2H3;1-2H3. The van der Waals surface area contributed by atoms with Crippen LogP contribution in [0.3, 0.4) is 0 Å². The molecule has 14 aromatic rings. The second kappa shape index (κ2) is 23.5. The highest BCUT2D eigenvalue weighted by atomic mass is 16.5. The molecule has 6 nitrogen and oxygen atoms in total. The summed E-state index contributed by atoms with van der Waals surface area (Å²) < 4.78 is 27.4. The fourth-order valence-corrected chi connectivity index (χ4v) is 12.8. The molecular weight excluding hydrogens is 981 g/mol. The Morgan fingerprint density at radius 1 is 0.312 bits per heavy atom. The fraction of sp³-hybridized carbons (Fsp3) is 0.243. The molecule has 0 bridgehead atoms. The van der Waals surface area contributed by atoms with Gasteiger partial charge in [-0.1, -0.05) is 198 Å². The number of para-hydroxylation sites is 2. The summed E-state index contributed by atoms with van der Waals surface area (Å²) in [7, 11) is 0. The lowest BCUT2D eigenvalue weighted by atomic mass is 9.83. The second-order valence-electron chi connectivity index (χ2n) is 21.0. The van der Waals surface area contributed by atoms with Crippen molar-refractivity contribution in [1.82, 2.24) is 9.13 Å². The van der Waals surface area contributed by atoms with Crippen LogP contribution in [0.4, 0.5) is 0 Å². The number of hydrogen-bond donors (Lipinski definition) is 0. The molecule has 12 aromatic carbocycles. The van der Waals surface area contributed by atoms with E-state index in [1.807, 2.05) is 27.7 Å². The minimum absolute atomic E-state index is 0.300. The van der Waals surface area contributed by atoms with Crippen LogP contribution < -0.4 is 0 Å². The molecule has 0 aliphatic rings. The minimum atomic E-state index is 0.300. The fourth-order valence-electron chi connectivity index (χ4n) is 12.8. The molecule has 0 radical (unpaired) electrons. The third-order valence-electron chi connectivity index (χ3n) is 16.7. The summed E-state index contributed by atoms with van der Waals surface area (Å²) >= 11 is 0. The number of hydrogen-bond acceptors (Lipinski definition) is 4. The first-order valence-corrected chi connectivity index (χ1v) is 29.1. The predicted molar refractivity (Wildman–Crippen MR) is 340 cm³/mol. The van der Waals surface area contributed by atoms with Gasteiger partial charge in [-0.25, -0.2) is 0 Å². The molecule has 0 fully saturated rings. The molecule has 402 valence electrons. The maximum Gasteiger partial charge on any atom is 0.0701 e. The molecule has 0 aliphatic heterocycles. The first kappa shape index (κ1) is 52.8. The Kier molecular flexibility index (Phi) is 15.5. The van der Waals surface area contributed by atoms with Crippen LogP contribution in [-0.4, -0.2) is 62.0 Å². The number of fused-ring (bicyclic) bond motifs is 6.